The summed E-state index contributed by atoms with van der Waals surface area (Å²) in [4.78, 5) is 15.2. The molecule has 182 valence electrons. The molecule has 0 spiro atoms. The van der Waals surface area contributed by atoms with Crippen LogP contribution in [0.15, 0.2) is 53.7 Å². The Kier molecular flexibility index (Phi) is 7.16. The lowest BCUT2D eigenvalue weighted by Gasteiger charge is -2.20. The maximum Gasteiger partial charge on any atom is 0.418 e. The minimum absolute atomic E-state index is 0.211. The van der Waals surface area contributed by atoms with Gasteiger partial charge in [-0.2, -0.15) is 0 Å². The second-order valence-electron chi connectivity index (χ2n) is 9.77. The first kappa shape index (κ1) is 25.4. The Morgan fingerprint density at radius 2 is 1.88 bits per heavy atom. The predicted molar refractivity (Wildman–Crippen MR) is 129 cm³/mol. The molecule has 7 nitrogen and oxygen atoms in total. The van der Waals surface area contributed by atoms with E-state index in [0.717, 1.165) is 11.4 Å². The van der Waals surface area contributed by atoms with Gasteiger partial charge in [0.05, 0.1) is 11.4 Å². The Labute approximate surface area is 199 Å². The largest absolute Gasteiger partial charge is 0.464 e. The first-order valence-electron chi connectivity index (χ1n) is 11.0. The van der Waals surface area contributed by atoms with Crippen molar-refractivity contribution in [3.8, 4) is 11.1 Å². The van der Waals surface area contributed by atoms with Gasteiger partial charge in [-0.05, 0) is 41.7 Å². The smallest absolute Gasteiger partial charge is 0.418 e. The number of hydrogen-bond donors (Lipinski definition) is 2. The molecule has 0 saturated heterocycles. The summed E-state index contributed by atoms with van der Waals surface area (Å²) in [6.45, 7) is 10.4. The number of nitrogens with zero attached hydrogens (tertiary/aromatic N) is 2. The van der Waals surface area contributed by atoms with Gasteiger partial charge in [0.25, 0.3) is 10.0 Å². The number of imidazole rings is 1. The van der Waals surface area contributed by atoms with Gasteiger partial charge < -0.3 is 9.67 Å². The molecule has 9 heteroatoms. The first-order valence-corrected chi connectivity index (χ1v) is 12.5. The monoisotopic (exact) mass is 487 g/mol. The Balaban J connectivity index is 2.06. The second kappa shape index (κ2) is 9.58. The summed E-state index contributed by atoms with van der Waals surface area (Å²) in [5.74, 6) is 0.652. The van der Waals surface area contributed by atoms with E-state index in [1.165, 1.54) is 12.1 Å². The Morgan fingerprint density at radius 3 is 2.47 bits per heavy atom. The number of nitrogens with one attached hydrogen (secondary N) is 1. The maximum absolute atomic E-state index is 15.2. The van der Waals surface area contributed by atoms with Crippen LogP contribution in [0.3, 0.4) is 0 Å². The van der Waals surface area contributed by atoms with Crippen molar-refractivity contribution in [2.75, 3.05) is 0 Å². The topological polar surface area (TPSA) is 101 Å². The summed E-state index contributed by atoms with van der Waals surface area (Å²) in [6.07, 6.45) is 2.48. The van der Waals surface area contributed by atoms with Crippen molar-refractivity contribution in [3.63, 3.8) is 0 Å². The highest BCUT2D eigenvalue weighted by atomic mass is 32.2. The van der Waals surface area contributed by atoms with Gasteiger partial charge in [0.1, 0.15) is 11.6 Å². The molecule has 3 rings (SSSR count). The number of carboxylic acid groups (broad SMARTS) is 1. The van der Waals surface area contributed by atoms with E-state index in [4.69, 9.17) is 5.11 Å². The van der Waals surface area contributed by atoms with Crippen molar-refractivity contribution < 1.29 is 22.7 Å². The molecule has 1 aromatic heterocycles. The molecule has 0 saturated carbocycles. The van der Waals surface area contributed by atoms with Crippen LogP contribution in [0.25, 0.3) is 11.1 Å². The van der Waals surface area contributed by atoms with Gasteiger partial charge in [-0.3, -0.25) is 0 Å². The van der Waals surface area contributed by atoms with Gasteiger partial charge in [-0.25, -0.2) is 27.3 Å². The molecule has 1 amide bonds. The van der Waals surface area contributed by atoms with Crippen LogP contribution in [0.4, 0.5) is 9.18 Å². The average Bonchev–Trinajstić information content (AvgIpc) is 3.16. The molecule has 0 atom stereocenters. The minimum Gasteiger partial charge on any atom is -0.464 e. The van der Waals surface area contributed by atoms with Gasteiger partial charge in [0, 0.05) is 28.9 Å². The second-order valence-corrected chi connectivity index (χ2v) is 11.4. The van der Waals surface area contributed by atoms with Gasteiger partial charge in [0.2, 0.25) is 0 Å². The zero-order valence-corrected chi connectivity index (χ0v) is 20.8. The molecule has 0 fully saturated rings. The lowest BCUT2D eigenvalue weighted by molar-refractivity contribution is 0.201. The fourth-order valence-corrected chi connectivity index (χ4v) is 4.97. The van der Waals surface area contributed by atoms with Crippen molar-refractivity contribution >= 4 is 16.1 Å². The molecular weight excluding hydrogens is 457 g/mol. The van der Waals surface area contributed by atoms with Crippen LogP contribution in [0.5, 0.6) is 0 Å². The summed E-state index contributed by atoms with van der Waals surface area (Å²) in [6, 6.07) is 9.26. The summed E-state index contributed by atoms with van der Waals surface area (Å²) in [5, 5.41) is 8.97. The highest BCUT2D eigenvalue weighted by Crippen LogP contribution is 2.31. The van der Waals surface area contributed by atoms with E-state index in [0.29, 0.717) is 23.5 Å². The molecule has 34 heavy (non-hydrogen) atoms. The number of carbonyl (C=O) groups is 1. The third-order valence-electron chi connectivity index (χ3n) is 5.29. The van der Waals surface area contributed by atoms with Gasteiger partial charge >= 0.3 is 6.09 Å². The molecule has 2 aromatic carbocycles. The number of aromatic nitrogens is 2. The molecule has 0 aliphatic heterocycles. The van der Waals surface area contributed by atoms with E-state index in [-0.39, 0.29) is 22.4 Å². The van der Waals surface area contributed by atoms with Crippen molar-refractivity contribution in [2.24, 2.45) is 5.92 Å². The SMILES string of the molecule is CC(C)Cc1ccc(S(=O)(=O)NC(=O)O)c(-c2ccc(Cn3ccnc3C(C)(C)C)c(F)c2)c1. The normalized spacial score (nSPS) is 12.2. The average molecular weight is 488 g/mol. The van der Waals surface area contributed by atoms with Crippen LogP contribution >= 0.6 is 0 Å². The quantitative estimate of drug-likeness (QED) is 0.478. The third kappa shape index (κ3) is 5.83. The molecule has 0 unspecified atom stereocenters. The van der Waals surface area contributed by atoms with Crippen LogP contribution in [0.2, 0.25) is 0 Å². The number of rotatable bonds is 7. The van der Waals surface area contributed by atoms with E-state index in [1.807, 2.05) is 39.2 Å². The number of amides is 1. The summed E-state index contributed by atoms with van der Waals surface area (Å²) in [7, 11) is -4.35. The molecular formula is C25H30FN3O4S. The van der Waals surface area contributed by atoms with Crippen LogP contribution in [-0.2, 0) is 28.4 Å². The molecule has 0 aliphatic carbocycles. The first-order chi connectivity index (χ1) is 15.8. The Morgan fingerprint density at radius 1 is 1.18 bits per heavy atom. The number of sulfonamides is 1. The fourth-order valence-electron chi connectivity index (χ4n) is 3.91. The zero-order valence-electron chi connectivity index (χ0n) is 20.0. The summed E-state index contributed by atoms with van der Waals surface area (Å²) in [5.41, 5.74) is 1.68. The molecule has 2 N–H and O–H groups in total. The van der Waals surface area contributed by atoms with Crippen molar-refractivity contribution in [2.45, 2.75) is 57.9 Å². The highest BCUT2D eigenvalue weighted by Gasteiger charge is 2.24. The third-order valence-corrected chi connectivity index (χ3v) is 6.67. The van der Waals surface area contributed by atoms with Crippen LogP contribution in [0.1, 0.15) is 51.6 Å². The lowest BCUT2D eigenvalue weighted by atomic mass is 9.95. The van der Waals surface area contributed by atoms with Gasteiger partial charge in [-0.15, -0.1) is 0 Å². The number of benzene rings is 2. The minimum atomic E-state index is -4.35. The van der Waals surface area contributed by atoms with E-state index < -0.39 is 21.9 Å². The Bertz CT molecular complexity index is 1310. The molecule has 0 bridgehead atoms. The summed E-state index contributed by atoms with van der Waals surface area (Å²) >= 11 is 0. The highest BCUT2D eigenvalue weighted by molar-refractivity contribution is 7.90. The standard InChI is InChI=1S/C25H30FN3O4S/c1-16(2)12-17-6-9-22(34(32,33)28-24(30)31)20(13-17)18-7-8-19(21(26)14-18)15-29-11-10-27-23(29)25(3,4)5/h6-11,13-14,16,28H,12,15H2,1-5H3,(H,30,31). The van der Waals surface area contributed by atoms with Crippen LogP contribution in [-0.4, -0.2) is 29.2 Å². The van der Waals surface area contributed by atoms with Gasteiger partial charge in [0.15, 0.2) is 0 Å². The van der Waals surface area contributed by atoms with Crippen molar-refractivity contribution in [1.82, 2.24) is 14.3 Å². The predicted octanol–water partition coefficient (Wildman–Crippen LogP) is 5.19. The fraction of sp³-hybridized carbons (Fsp3) is 0.360. The summed E-state index contributed by atoms with van der Waals surface area (Å²) < 4.78 is 44.0. The molecule has 3 aromatic rings. The molecule has 0 radical (unpaired) electrons. The lowest BCUT2D eigenvalue weighted by Crippen LogP contribution is -2.29. The maximum atomic E-state index is 15.2. The van der Waals surface area contributed by atoms with E-state index >= 15 is 4.39 Å². The number of hydrogen-bond acceptors (Lipinski definition) is 4. The molecule has 1 heterocycles. The van der Waals surface area contributed by atoms with E-state index in [2.05, 4.69) is 4.98 Å². The zero-order chi connectivity index (χ0) is 25.3. The molecule has 0 aliphatic rings. The van der Waals surface area contributed by atoms with Gasteiger partial charge in [-0.1, -0.05) is 52.8 Å². The van der Waals surface area contributed by atoms with Crippen molar-refractivity contribution in [1.29, 1.82) is 0 Å². The van der Waals surface area contributed by atoms with Crippen LogP contribution < -0.4 is 4.72 Å². The van der Waals surface area contributed by atoms with E-state index in [1.54, 1.807) is 41.4 Å². The Hall–Kier alpha value is -3.20. The van der Waals surface area contributed by atoms with E-state index in [9.17, 15) is 13.2 Å². The van der Waals surface area contributed by atoms with Crippen molar-refractivity contribution in [3.05, 3.63) is 71.6 Å². The number of halogens is 1. The van der Waals surface area contributed by atoms with Crippen LogP contribution in [0, 0.1) is 11.7 Å².